The van der Waals surface area contributed by atoms with Crippen molar-refractivity contribution in [1.82, 2.24) is 0 Å². The summed E-state index contributed by atoms with van der Waals surface area (Å²) >= 11 is 0. The van der Waals surface area contributed by atoms with Crippen molar-refractivity contribution in [2.24, 2.45) is 0 Å². The molecular weight excluding hydrogens is 813 g/mol. The lowest BCUT2D eigenvalue weighted by atomic mass is 10.1. The molecule has 5 heteroatoms. The van der Waals surface area contributed by atoms with E-state index in [4.69, 9.17) is 9.47 Å². The predicted octanol–water partition coefficient (Wildman–Crippen LogP) is 17.6. The number of esters is 2. The number of aliphatic hydroxyl groups is 1. The van der Waals surface area contributed by atoms with Crippen LogP contribution in [0.1, 0.15) is 194 Å². The minimum Gasteiger partial charge on any atom is -0.462 e. The monoisotopic (exact) mass is 907 g/mol. The van der Waals surface area contributed by atoms with Gasteiger partial charge in [-0.05, 0) is 122 Å². The molecule has 0 bridgehead atoms. The number of rotatable bonds is 45. The van der Waals surface area contributed by atoms with Gasteiger partial charge in [0.1, 0.15) is 6.61 Å². The maximum atomic E-state index is 12.3. The van der Waals surface area contributed by atoms with E-state index in [0.717, 1.165) is 154 Å². The fourth-order valence-electron chi connectivity index (χ4n) is 6.48. The number of carbonyl (C=O) groups excluding carboxylic acids is 2. The van der Waals surface area contributed by atoms with Crippen LogP contribution in [0.15, 0.2) is 158 Å². The molecule has 1 N–H and O–H groups in total. The Labute approximate surface area is 405 Å². The van der Waals surface area contributed by atoms with Crippen molar-refractivity contribution in [3.8, 4) is 0 Å². The van der Waals surface area contributed by atoms with Crippen molar-refractivity contribution >= 4 is 11.9 Å². The van der Waals surface area contributed by atoms with Crippen LogP contribution < -0.4 is 0 Å². The Bertz CT molecular complexity index is 1490. The number of aliphatic hydroxyl groups excluding tert-OH is 1. The van der Waals surface area contributed by atoms with E-state index in [1.54, 1.807) is 0 Å². The van der Waals surface area contributed by atoms with E-state index in [0.29, 0.717) is 12.8 Å². The summed E-state index contributed by atoms with van der Waals surface area (Å²) in [6.07, 6.45) is 84.8. The molecule has 368 valence electrons. The van der Waals surface area contributed by atoms with Crippen LogP contribution in [0, 0.1) is 0 Å². The molecule has 0 heterocycles. The summed E-state index contributed by atoms with van der Waals surface area (Å²) in [5.74, 6) is -0.642. The topological polar surface area (TPSA) is 72.8 Å². The summed E-state index contributed by atoms with van der Waals surface area (Å²) < 4.78 is 10.6. The van der Waals surface area contributed by atoms with E-state index in [9.17, 15) is 14.7 Å². The van der Waals surface area contributed by atoms with Crippen LogP contribution in [-0.2, 0) is 19.1 Å². The van der Waals surface area contributed by atoms with Crippen LogP contribution in [0.25, 0.3) is 0 Å². The molecule has 0 aliphatic heterocycles. The van der Waals surface area contributed by atoms with E-state index < -0.39 is 6.10 Å². The Kier molecular flexibility index (Phi) is 51.1. The molecule has 0 aliphatic carbocycles. The van der Waals surface area contributed by atoms with Gasteiger partial charge in [0, 0.05) is 12.8 Å². The average Bonchev–Trinajstić information content (AvgIpc) is 3.32. The molecule has 1 unspecified atom stereocenters. The molecular formula is C61H94O5. The van der Waals surface area contributed by atoms with Gasteiger partial charge in [0.05, 0.1) is 6.61 Å². The van der Waals surface area contributed by atoms with E-state index in [1.165, 1.54) is 12.8 Å². The van der Waals surface area contributed by atoms with E-state index in [-0.39, 0.29) is 25.2 Å². The van der Waals surface area contributed by atoms with Crippen molar-refractivity contribution in [1.29, 1.82) is 0 Å². The second-order valence-corrected chi connectivity index (χ2v) is 16.5. The van der Waals surface area contributed by atoms with Crippen LogP contribution in [0.3, 0.4) is 0 Å². The molecule has 0 spiro atoms. The van der Waals surface area contributed by atoms with Gasteiger partial charge >= 0.3 is 11.9 Å². The van der Waals surface area contributed by atoms with Crippen molar-refractivity contribution in [3.05, 3.63) is 158 Å². The SMILES string of the molecule is CC/C=C\C/C=C\C/C=C\C/C=C\C/C=C\C/C=C\C/C=C\C/C=C\C/C=C\C/C=C\CCCCCCCCC(=O)OC(CO)COC(=O)CCCCCCC/C=C\C/C=C\C/C=C\CC. The van der Waals surface area contributed by atoms with Crippen LogP contribution in [0.4, 0.5) is 0 Å². The summed E-state index contributed by atoms with van der Waals surface area (Å²) in [6, 6.07) is 0. The Morgan fingerprint density at radius 3 is 0.909 bits per heavy atom. The van der Waals surface area contributed by atoms with Gasteiger partial charge < -0.3 is 14.6 Å². The van der Waals surface area contributed by atoms with Crippen molar-refractivity contribution in [3.63, 3.8) is 0 Å². The van der Waals surface area contributed by atoms with E-state index in [2.05, 4.69) is 172 Å². The lowest BCUT2D eigenvalue weighted by Crippen LogP contribution is -2.28. The molecule has 0 radical (unpaired) electrons. The fraction of sp³-hybridized carbons (Fsp3) is 0.541. The van der Waals surface area contributed by atoms with Crippen LogP contribution in [0.2, 0.25) is 0 Å². The second kappa shape index (κ2) is 54.9. The zero-order valence-electron chi connectivity index (χ0n) is 41.9. The highest BCUT2D eigenvalue weighted by molar-refractivity contribution is 5.70. The molecule has 0 amide bonds. The minimum atomic E-state index is -0.799. The van der Waals surface area contributed by atoms with Gasteiger partial charge in [-0.2, -0.15) is 0 Å². The highest BCUT2D eigenvalue weighted by atomic mass is 16.6. The first kappa shape index (κ1) is 61.5. The number of unbranched alkanes of at least 4 members (excludes halogenated alkanes) is 11. The number of allylic oxidation sites excluding steroid dienone is 26. The number of hydrogen-bond acceptors (Lipinski definition) is 5. The smallest absolute Gasteiger partial charge is 0.306 e. The molecule has 0 aliphatic rings. The average molecular weight is 907 g/mol. The van der Waals surface area contributed by atoms with Crippen LogP contribution in [-0.4, -0.2) is 36.4 Å². The predicted molar refractivity (Wildman–Crippen MR) is 287 cm³/mol. The Hall–Kier alpha value is -4.48. The van der Waals surface area contributed by atoms with Gasteiger partial charge in [0.15, 0.2) is 6.10 Å². The zero-order chi connectivity index (χ0) is 47.7. The first-order chi connectivity index (χ1) is 32.6. The molecule has 0 aromatic rings. The highest BCUT2D eigenvalue weighted by Crippen LogP contribution is 2.12. The molecule has 0 rings (SSSR count). The summed E-state index contributed by atoms with van der Waals surface area (Å²) in [6.45, 7) is 3.87. The first-order valence-corrected chi connectivity index (χ1v) is 26.0. The van der Waals surface area contributed by atoms with Crippen LogP contribution in [0.5, 0.6) is 0 Å². The summed E-state index contributed by atoms with van der Waals surface area (Å²) in [7, 11) is 0. The number of hydrogen-bond donors (Lipinski definition) is 1. The molecule has 0 fully saturated rings. The van der Waals surface area contributed by atoms with Crippen molar-refractivity contribution in [2.45, 2.75) is 200 Å². The highest BCUT2D eigenvalue weighted by Gasteiger charge is 2.16. The third kappa shape index (κ3) is 52.1. The molecule has 66 heavy (non-hydrogen) atoms. The molecule has 0 aromatic carbocycles. The minimum absolute atomic E-state index is 0.0914. The second-order valence-electron chi connectivity index (χ2n) is 16.5. The third-order valence-corrected chi connectivity index (χ3v) is 10.3. The molecule has 1 atom stereocenters. The summed E-state index contributed by atoms with van der Waals surface area (Å²) in [5, 5.41) is 9.61. The summed E-state index contributed by atoms with van der Waals surface area (Å²) in [5.41, 5.74) is 0. The maximum absolute atomic E-state index is 12.3. The van der Waals surface area contributed by atoms with Gasteiger partial charge in [0.25, 0.3) is 0 Å². The Morgan fingerprint density at radius 1 is 0.348 bits per heavy atom. The Morgan fingerprint density at radius 2 is 0.606 bits per heavy atom. The van der Waals surface area contributed by atoms with Gasteiger partial charge in [-0.25, -0.2) is 0 Å². The largest absolute Gasteiger partial charge is 0.462 e. The quantitative estimate of drug-likeness (QED) is 0.0374. The van der Waals surface area contributed by atoms with Gasteiger partial charge in [-0.1, -0.05) is 217 Å². The standard InChI is InChI=1S/C61H94O5/c1-3-5-7-9-11-13-15-17-19-20-21-22-23-24-25-26-27-28-29-30-31-32-33-34-35-36-37-38-39-40-42-44-46-48-50-52-54-56-61(64)66-59(57-62)58-65-60(63)55-53-51-49-47-45-43-41-18-16-14-12-10-8-6-4-2/h5-8,11-14,17-19,21-22,24-25,27-28,30-31,33-34,36-37,39-41,59,62H,3-4,9-10,15-16,20,23,26,29,32,35,38,42-58H2,1-2H3/b7-5-,8-6-,13-11-,14-12-,19-17-,22-21-,25-24-,28-27-,31-30-,34-33-,37-36-,40-39-,41-18-. The number of carbonyl (C=O) groups is 2. The van der Waals surface area contributed by atoms with Crippen molar-refractivity contribution < 1.29 is 24.2 Å². The lowest BCUT2D eigenvalue weighted by Gasteiger charge is -2.15. The summed E-state index contributed by atoms with van der Waals surface area (Å²) in [4.78, 5) is 24.4. The molecule has 0 aromatic heterocycles. The van der Waals surface area contributed by atoms with Crippen molar-refractivity contribution in [2.75, 3.05) is 13.2 Å². The molecule has 5 nitrogen and oxygen atoms in total. The zero-order valence-corrected chi connectivity index (χ0v) is 41.9. The van der Waals surface area contributed by atoms with Gasteiger partial charge in [-0.15, -0.1) is 0 Å². The Balaban J connectivity index is 3.67. The van der Waals surface area contributed by atoms with E-state index >= 15 is 0 Å². The lowest BCUT2D eigenvalue weighted by molar-refractivity contribution is -0.161. The first-order valence-electron chi connectivity index (χ1n) is 26.0. The van der Waals surface area contributed by atoms with Gasteiger partial charge in [0.2, 0.25) is 0 Å². The third-order valence-electron chi connectivity index (χ3n) is 10.3. The molecule has 0 saturated carbocycles. The van der Waals surface area contributed by atoms with E-state index in [1.807, 2.05) is 0 Å². The number of ether oxygens (including phenoxy) is 2. The fourth-order valence-corrected chi connectivity index (χ4v) is 6.48. The van der Waals surface area contributed by atoms with Crippen LogP contribution >= 0.6 is 0 Å². The van der Waals surface area contributed by atoms with Gasteiger partial charge in [-0.3, -0.25) is 9.59 Å². The maximum Gasteiger partial charge on any atom is 0.306 e. The molecule has 0 saturated heterocycles. The normalized spacial score (nSPS) is 13.6.